The summed E-state index contributed by atoms with van der Waals surface area (Å²) in [4.78, 5) is 28.7. The van der Waals surface area contributed by atoms with E-state index in [2.05, 4.69) is 12.1 Å². The van der Waals surface area contributed by atoms with Gasteiger partial charge >= 0.3 is 0 Å². The second-order valence-corrected chi connectivity index (χ2v) is 7.13. The lowest BCUT2D eigenvalue weighted by molar-refractivity contribution is -0.131. The summed E-state index contributed by atoms with van der Waals surface area (Å²) in [5.41, 5.74) is 2.32. The summed E-state index contributed by atoms with van der Waals surface area (Å²) < 4.78 is 5.18. The molecule has 0 atom stereocenters. The van der Waals surface area contributed by atoms with Crippen LogP contribution in [0.2, 0.25) is 0 Å². The predicted octanol–water partition coefficient (Wildman–Crippen LogP) is 3.28. The molecule has 5 heteroatoms. The van der Waals surface area contributed by atoms with Gasteiger partial charge in [-0.25, -0.2) is 0 Å². The number of aryl methyl sites for hydroxylation is 1. The number of carbonyl (C=O) groups is 2. The highest BCUT2D eigenvalue weighted by molar-refractivity contribution is 5.80. The van der Waals surface area contributed by atoms with Crippen LogP contribution in [0.1, 0.15) is 30.4 Å². The molecule has 2 aromatic rings. The van der Waals surface area contributed by atoms with Gasteiger partial charge in [0.1, 0.15) is 5.75 Å². The van der Waals surface area contributed by atoms with Crippen LogP contribution in [-0.2, 0) is 22.6 Å². The minimum atomic E-state index is 0.107. The Kier molecular flexibility index (Phi) is 7.06. The molecule has 0 radical (unpaired) electrons. The van der Waals surface area contributed by atoms with Crippen molar-refractivity contribution < 1.29 is 14.3 Å². The lowest BCUT2D eigenvalue weighted by Crippen LogP contribution is -2.35. The molecule has 0 unspecified atom stereocenters. The fourth-order valence-electron chi connectivity index (χ4n) is 3.48. The van der Waals surface area contributed by atoms with E-state index in [0.29, 0.717) is 39.0 Å². The molecule has 0 bridgehead atoms. The zero-order valence-electron chi connectivity index (χ0n) is 16.5. The van der Waals surface area contributed by atoms with Crippen molar-refractivity contribution in [3.63, 3.8) is 0 Å². The number of hydrogen-bond donors (Lipinski definition) is 0. The van der Waals surface area contributed by atoms with E-state index >= 15 is 0 Å². The summed E-state index contributed by atoms with van der Waals surface area (Å²) in [5.74, 6) is 1.06. The van der Waals surface area contributed by atoms with Gasteiger partial charge in [-0.15, -0.1) is 0 Å². The SMILES string of the molecule is COc1ccc(CN2CCN(C(=O)CCCc3ccccc3)CCC2=O)cc1. The Morgan fingerprint density at radius 1 is 0.964 bits per heavy atom. The van der Waals surface area contributed by atoms with E-state index in [0.717, 1.165) is 24.2 Å². The third kappa shape index (κ3) is 5.59. The van der Waals surface area contributed by atoms with Crippen molar-refractivity contribution in [2.75, 3.05) is 26.7 Å². The summed E-state index contributed by atoms with van der Waals surface area (Å²) in [6.45, 7) is 2.27. The average molecular weight is 380 g/mol. The van der Waals surface area contributed by atoms with Crippen LogP contribution in [0.15, 0.2) is 54.6 Å². The highest BCUT2D eigenvalue weighted by atomic mass is 16.5. The smallest absolute Gasteiger partial charge is 0.224 e. The first-order valence-corrected chi connectivity index (χ1v) is 9.88. The average Bonchev–Trinajstić information content (AvgIpc) is 2.91. The van der Waals surface area contributed by atoms with Crippen LogP contribution < -0.4 is 4.74 Å². The van der Waals surface area contributed by atoms with Crippen LogP contribution in [0.25, 0.3) is 0 Å². The van der Waals surface area contributed by atoms with Gasteiger partial charge in [0.05, 0.1) is 7.11 Å². The maximum Gasteiger partial charge on any atom is 0.224 e. The molecule has 0 aliphatic carbocycles. The van der Waals surface area contributed by atoms with Gasteiger partial charge in [0.2, 0.25) is 11.8 Å². The number of benzene rings is 2. The van der Waals surface area contributed by atoms with Crippen molar-refractivity contribution in [2.24, 2.45) is 0 Å². The van der Waals surface area contributed by atoms with Crippen LogP contribution in [0.5, 0.6) is 5.75 Å². The molecule has 2 amide bonds. The fourth-order valence-corrected chi connectivity index (χ4v) is 3.48. The van der Waals surface area contributed by atoms with Crippen LogP contribution in [0, 0.1) is 0 Å². The standard InChI is InChI=1S/C23H28N2O3/c1-28-21-12-10-20(11-13-21)18-25-17-16-24(15-14-23(25)27)22(26)9-5-8-19-6-3-2-4-7-19/h2-4,6-7,10-13H,5,8-9,14-18H2,1H3. The third-order valence-electron chi connectivity index (χ3n) is 5.17. The van der Waals surface area contributed by atoms with Crippen molar-refractivity contribution in [1.82, 2.24) is 9.80 Å². The first-order valence-electron chi connectivity index (χ1n) is 9.88. The highest BCUT2D eigenvalue weighted by Gasteiger charge is 2.23. The quantitative estimate of drug-likeness (QED) is 0.741. The summed E-state index contributed by atoms with van der Waals surface area (Å²) in [5, 5.41) is 0. The molecule has 1 saturated heterocycles. The maximum atomic E-state index is 12.6. The Labute approximate surface area is 166 Å². The number of rotatable bonds is 7. The molecule has 148 valence electrons. The number of ether oxygens (including phenoxy) is 1. The zero-order valence-corrected chi connectivity index (χ0v) is 16.5. The molecule has 0 aromatic heterocycles. The Morgan fingerprint density at radius 3 is 2.43 bits per heavy atom. The zero-order chi connectivity index (χ0) is 19.8. The number of carbonyl (C=O) groups excluding carboxylic acids is 2. The molecule has 3 rings (SSSR count). The molecular weight excluding hydrogens is 352 g/mol. The molecule has 0 saturated carbocycles. The van der Waals surface area contributed by atoms with E-state index in [1.54, 1.807) is 7.11 Å². The molecule has 2 aromatic carbocycles. The van der Waals surface area contributed by atoms with Crippen molar-refractivity contribution >= 4 is 11.8 Å². The molecule has 1 heterocycles. The summed E-state index contributed by atoms with van der Waals surface area (Å²) in [7, 11) is 1.64. The Hall–Kier alpha value is -2.82. The molecule has 5 nitrogen and oxygen atoms in total. The summed E-state index contributed by atoms with van der Waals surface area (Å²) in [6.07, 6.45) is 2.66. The summed E-state index contributed by atoms with van der Waals surface area (Å²) >= 11 is 0. The van der Waals surface area contributed by atoms with Gasteiger partial charge in [-0.05, 0) is 36.1 Å². The Morgan fingerprint density at radius 2 is 1.71 bits per heavy atom. The summed E-state index contributed by atoms with van der Waals surface area (Å²) in [6, 6.07) is 18.0. The molecule has 0 N–H and O–H groups in total. The number of amides is 2. The van der Waals surface area contributed by atoms with Crippen molar-refractivity contribution in [2.45, 2.75) is 32.2 Å². The minimum Gasteiger partial charge on any atom is -0.497 e. The van der Waals surface area contributed by atoms with Gasteiger partial charge in [0.15, 0.2) is 0 Å². The van der Waals surface area contributed by atoms with Gasteiger partial charge in [0.25, 0.3) is 0 Å². The van der Waals surface area contributed by atoms with E-state index in [1.165, 1.54) is 5.56 Å². The lowest BCUT2D eigenvalue weighted by Gasteiger charge is -2.22. The predicted molar refractivity (Wildman–Crippen MR) is 109 cm³/mol. The van der Waals surface area contributed by atoms with Gasteiger partial charge in [-0.1, -0.05) is 42.5 Å². The molecule has 28 heavy (non-hydrogen) atoms. The number of methoxy groups -OCH3 is 1. The maximum absolute atomic E-state index is 12.6. The van der Waals surface area contributed by atoms with Crippen molar-refractivity contribution in [1.29, 1.82) is 0 Å². The van der Waals surface area contributed by atoms with Crippen LogP contribution >= 0.6 is 0 Å². The minimum absolute atomic E-state index is 0.107. The van der Waals surface area contributed by atoms with E-state index in [1.807, 2.05) is 52.3 Å². The number of hydrogen-bond acceptors (Lipinski definition) is 3. The fraction of sp³-hybridized carbons (Fsp3) is 0.391. The molecule has 1 aliphatic rings. The highest BCUT2D eigenvalue weighted by Crippen LogP contribution is 2.15. The Bertz CT molecular complexity index is 774. The third-order valence-corrected chi connectivity index (χ3v) is 5.17. The molecule has 0 spiro atoms. The van der Waals surface area contributed by atoms with Crippen molar-refractivity contribution in [3.8, 4) is 5.75 Å². The topological polar surface area (TPSA) is 49.9 Å². The van der Waals surface area contributed by atoms with Gasteiger partial charge in [-0.2, -0.15) is 0 Å². The van der Waals surface area contributed by atoms with Crippen LogP contribution in [0.4, 0.5) is 0 Å². The second kappa shape index (κ2) is 9.93. The normalized spacial score (nSPS) is 14.7. The van der Waals surface area contributed by atoms with Gasteiger partial charge < -0.3 is 14.5 Å². The van der Waals surface area contributed by atoms with E-state index < -0.39 is 0 Å². The van der Waals surface area contributed by atoms with E-state index in [4.69, 9.17) is 4.74 Å². The molecule has 1 aliphatic heterocycles. The van der Waals surface area contributed by atoms with Gasteiger partial charge in [0, 0.05) is 39.0 Å². The van der Waals surface area contributed by atoms with Crippen molar-refractivity contribution in [3.05, 3.63) is 65.7 Å². The van der Waals surface area contributed by atoms with Gasteiger partial charge in [-0.3, -0.25) is 9.59 Å². The van der Waals surface area contributed by atoms with E-state index in [9.17, 15) is 9.59 Å². The monoisotopic (exact) mass is 380 g/mol. The molecule has 1 fully saturated rings. The molecular formula is C23H28N2O3. The Balaban J connectivity index is 1.48. The van der Waals surface area contributed by atoms with E-state index in [-0.39, 0.29) is 11.8 Å². The first kappa shape index (κ1) is 19.9. The second-order valence-electron chi connectivity index (χ2n) is 7.13. The number of nitrogens with zero attached hydrogens (tertiary/aromatic N) is 2. The first-order chi connectivity index (χ1) is 13.7. The van der Waals surface area contributed by atoms with Crippen LogP contribution in [-0.4, -0.2) is 48.4 Å². The van der Waals surface area contributed by atoms with Crippen LogP contribution in [0.3, 0.4) is 0 Å². The lowest BCUT2D eigenvalue weighted by atomic mass is 10.1. The largest absolute Gasteiger partial charge is 0.497 e.